The molecule has 5 heteroatoms. The van der Waals surface area contributed by atoms with Gasteiger partial charge in [-0.3, -0.25) is 4.79 Å². The van der Waals surface area contributed by atoms with E-state index >= 15 is 0 Å². The zero-order valence-electron chi connectivity index (χ0n) is 12.5. The van der Waals surface area contributed by atoms with Gasteiger partial charge in [-0.05, 0) is 43.7 Å². The number of aryl methyl sites for hydroxylation is 1. The SMILES string of the molecule is CCOc1ccccc1C=NNC(=O)c1ccc(C)c(Br)c1. The summed E-state index contributed by atoms with van der Waals surface area (Å²) in [7, 11) is 0. The minimum Gasteiger partial charge on any atom is -0.493 e. The van der Waals surface area contributed by atoms with E-state index in [1.807, 2.05) is 44.2 Å². The van der Waals surface area contributed by atoms with Crippen LogP contribution in [0.25, 0.3) is 0 Å². The lowest BCUT2D eigenvalue weighted by molar-refractivity contribution is 0.0955. The Morgan fingerprint density at radius 1 is 1.32 bits per heavy atom. The number of carbonyl (C=O) groups is 1. The van der Waals surface area contributed by atoms with Crippen molar-refractivity contribution in [2.24, 2.45) is 5.10 Å². The highest BCUT2D eigenvalue weighted by Gasteiger charge is 2.06. The maximum atomic E-state index is 12.0. The van der Waals surface area contributed by atoms with Crippen LogP contribution in [0, 0.1) is 6.92 Å². The van der Waals surface area contributed by atoms with Crippen LogP contribution < -0.4 is 10.2 Å². The van der Waals surface area contributed by atoms with E-state index in [0.717, 1.165) is 21.3 Å². The summed E-state index contributed by atoms with van der Waals surface area (Å²) in [5.74, 6) is 0.479. The molecule has 22 heavy (non-hydrogen) atoms. The minimum atomic E-state index is -0.258. The van der Waals surface area contributed by atoms with Gasteiger partial charge in [0.2, 0.25) is 0 Å². The topological polar surface area (TPSA) is 50.7 Å². The molecule has 0 radical (unpaired) electrons. The van der Waals surface area contributed by atoms with Gasteiger partial charge < -0.3 is 4.74 Å². The second kappa shape index (κ2) is 7.75. The summed E-state index contributed by atoms with van der Waals surface area (Å²) in [6.45, 7) is 4.47. The second-order valence-corrected chi connectivity index (χ2v) is 5.49. The first-order valence-corrected chi connectivity index (χ1v) is 7.72. The van der Waals surface area contributed by atoms with Gasteiger partial charge in [0.1, 0.15) is 5.75 Å². The Kier molecular flexibility index (Phi) is 5.72. The molecule has 0 atom stereocenters. The number of hydrazone groups is 1. The molecule has 0 spiro atoms. The van der Waals surface area contributed by atoms with Crippen LogP contribution in [-0.4, -0.2) is 18.7 Å². The van der Waals surface area contributed by atoms with Crippen molar-refractivity contribution < 1.29 is 9.53 Å². The zero-order valence-corrected chi connectivity index (χ0v) is 14.1. The summed E-state index contributed by atoms with van der Waals surface area (Å²) in [4.78, 5) is 12.0. The van der Waals surface area contributed by atoms with Crippen LogP contribution in [0.3, 0.4) is 0 Å². The second-order valence-electron chi connectivity index (χ2n) is 4.63. The normalized spacial score (nSPS) is 10.7. The molecule has 0 saturated heterocycles. The molecular formula is C17H17BrN2O2. The Labute approximate surface area is 138 Å². The number of hydrogen-bond acceptors (Lipinski definition) is 3. The number of benzene rings is 2. The van der Waals surface area contributed by atoms with E-state index in [9.17, 15) is 4.79 Å². The standard InChI is InChI=1S/C17H17BrN2O2/c1-3-22-16-7-5-4-6-14(16)11-19-20-17(21)13-9-8-12(2)15(18)10-13/h4-11H,3H2,1-2H3,(H,20,21). The van der Waals surface area contributed by atoms with E-state index in [1.54, 1.807) is 18.3 Å². The van der Waals surface area contributed by atoms with Gasteiger partial charge in [-0.1, -0.05) is 34.1 Å². The molecule has 114 valence electrons. The highest BCUT2D eigenvalue weighted by molar-refractivity contribution is 9.10. The molecule has 2 rings (SSSR count). The first-order valence-electron chi connectivity index (χ1n) is 6.93. The van der Waals surface area contributed by atoms with Crippen molar-refractivity contribution in [2.45, 2.75) is 13.8 Å². The van der Waals surface area contributed by atoms with E-state index in [4.69, 9.17) is 4.74 Å². The Morgan fingerprint density at radius 2 is 2.09 bits per heavy atom. The van der Waals surface area contributed by atoms with E-state index in [-0.39, 0.29) is 5.91 Å². The van der Waals surface area contributed by atoms with Crippen molar-refractivity contribution in [2.75, 3.05) is 6.61 Å². The largest absolute Gasteiger partial charge is 0.493 e. The molecule has 0 aliphatic rings. The first kappa shape index (κ1) is 16.2. The van der Waals surface area contributed by atoms with Crippen molar-refractivity contribution in [3.8, 4) is 5.75 Å². The molecule has 0 heterocycles. The van der Waals surface area contributed by atoms with E-state index in [2.05, 4.69) is 26.5 Å². The fraction of sp³-hybridized carbons (Fsp3) is 0.176. The van der Waals surface area contributed by atoms with Crippen molar-refractivity contribution in [3.05, 3.63) is 63.6 Å². The smallest absolute Gasteiger partial charge is 0.271 e. The number of rotatable bonds is 5. The van der Waals surface area contributed by atoms with Crippen molar-refractivity contribution in [3.63, 3.8) is 0 Å². The van der Waals surface area contributed by atoms with Crippen molar-refractivity contribution >= 4 is 28.1 Å². The Balaban J connectivity index is 2.06. The fourth-order valence-corrected chi connectivity index (χ4v) is 2.21. The summed E-state index contributed by atoms with van der Waals surface area (Å²) < 4.78 is 6.39. The van der Waals surface area contributed by atoms with E-state index < -0.39 is 0 Å². The number of amides is 1. The van der Waals surface area contributed by atoms with Crippen LogP contribution >= 0.6 is 15.9 Å². The number of nitrogens with zero attached hydrogens (tertiary/aromatic N) is 1. The number of nitrogens with one attached hydrogen (secondary N) is 1. The number of halogens is 1. The lowest BCUT2D eigenvalue weighted by Crippen LogP contribution is -2.17. The van der Waals surface area contributed by atoms with Gasteiger partial charge in [-0.25, -0.2) is 5.43 Å². The van der Waals surface area contributed by atoms with E-state index in [0.29, 0.717) is 12.2 Å². The molecule has 1 amide bonds. The zero-order chi connectivity index (χ0) is 15.9. The molecule has 2 aromatic carbocycles. The molecule has 2 aromatic rings. The maximum Gasteiger partial charge on any atom is 0.271 e. The third-order valence-electron chi connectivity index (χ3n) is 3.02. The Hall–Kier alpha value is -2.14. The van der Waals surface area contributed by atoms with Gasteiger partial charge >= 0.3 is 0 Å². The molecular weight excluding hydrogens is 344 g/mol. The average Bonchev–Trinajstić information content (AvgIpc) is 2.52. The Morgan fingerprint density at radius 3 is 2.82 bits per heavy atom. The quantitative estimate of drug-likeness (QED) is 0.648. The van der Waals surface area contributed by atoms with Crippen LogP contribution in [0.15, 0.2) is 52.0 Å². The lowest BCUT2D eigenvalue weighted by atomic mass is 10.1. The average molecular weight is 361 g/mol. The molecule has 0 saturated carbocycles. The highest BCUT2D eigenvalue weighted by atomic mass is 79.9. The Bertz CT molecular complexity index is 699. The molecule has 0 aliphatic carbocycles. The summed E-state index contributed by atoms with van der Waals surface area (Å²) in [6.07, 6.45) is 1.58. The molecule has 0 aromatic heterocycles. The van der Waals surface area contributed by atoms with Crippen LogP contribution in [0.4, 0.5) is 0 Å². The lowest BCUT2D eigenvalue weighted by Gasteiger charge is -2.06. The summed E-state index contributed by atoms with van der Waals surface area (Å²) >= 11 is 3.41. The van der Waals surface area contributed by atoms with Gasteiger partial charge in [0.25, 0.3) is 5.91 Å². The van der Waals surface area contributed by atoms with Gasteiger partial charge in [0.15, 0.2) is 0 Å². The minimum absolute atomic E-state index is 0.258. The summed E-state index contributed by atoms with van der Waals surface area (Å²) in [6, 6.07) is 12.9. The van der Waals surface area contributed by atoms with Crippen LogP contribution in [-0.2, 0) is 0 Å². The molecule has 0 aliphatic heterocycles. The van der Waals surface area contributed by atoms with Crippen LogP contribution in [0.5, 0.6) is 5.75 Å². The fourth-order valence-electron chi connectivity index (χ4n) is 1.83. The van der Waals surface area contributed by atoms with Crippen LogP contribution in [0.2, 0.25) is 0 Å². The molecule has 0 fully saturated rings. The molecule has 1 N–H and O–H groups in total. The number of carbonyl (C=O) groups excluding carboxylic acids is 1. The van der Waals surface area contributed by atoms with Crippen LogP contribution in [0.1, 0.15) is 28.4 Å². The third-order valence-corrected chi connectivity index (χ3v) is 3.88. The summed E-state index contributed by atoms with van der Waals surface area (Å²) in [5, 5.41) is 3.99. The number of hydrogen-bond donors (Lipinski definition) is 1. The highest BCUT2D eigenvalue weighted by Crippen LogP contribution is 2.18. The molecule has 0 bridgehead atoms. The molecule has 0 unspecified atom stereocenters. The predicted octanol–water partition coefficient (Wildman–Crippen LogP) is 3.92. The van der Waals surface area contributed by atoms with Gasteiger partial charge in [-0.15, -0.1) is 0 Å². The summed E-state index contributed by atoms with van der Waals surface area (Å²) in [5.41, 5.74) is 4.96. The van der Waals surface area contributed by atoms with Crippen molar-refractivity contribution in [1.29, 1.82) is 0 Å². The van der Waals surface area contributed by atoms with E-state index in [1.165, 1.54) is 0 Å². The number of para-hydroxylation sites is 1. The number of ether oxygens (including phenoxy) is 1. The molecule has 4 nitrogen and oxygen atoms in total. The monoisotopic (exact) mass is 360 g/mol. The van der Waals surface area contributed by atoms with Crippen molar-refractivity contribution in [1.82, 2.24) is 5.43 Å². The van der Waals surface area contributed by atoms with Gasteiger partial charge in [0, 0.05) is 15.6 Å². The maximum absolute atomic E-state index is 12.0. The first-order chi connectivity index (χ1) is 10.6. The third kappa shape index (κ3) is 4.18. The van der Waals surface area contributed by atoms with Gasteiger partial charge in [-0.2, -0.15) is 5.10 Å². The van der Waals surface area contributed by atoms with Gasteiger partial charge in [0.05, 0.1) is 12.8 Å². The predicted molar refractivity (Wildman–Crippen MR) is 91.6 cm³/mol.